The molecule has 8 nitrogen and oxygen atoms in total. The van der Waals surface area contributed by atoms with Gasteiger partial charge in [0, 0.05) is 25.7 Å². The van der Waals surface area contributed by atoms with E-state index in [9.17, 15) is 4.79 Å². The number of nitrogens with one attached hydrogen (secondary N) is 3. The number of aromatic nitrogens is 1. The van der Waals surface area contributed by atoms with Crippen molar-refractivity contribution in [1.29, 1.82) is 0 Å². The van der Waals surface area contributed by atoms with Gasteiger partial charge in [-0.3, -0.25) is 0 Å². The molecule has 0 bridgehead atoms. The Morgan fingerprint density at radius 1 is 1.24 bits per heavy atom. The normalized spacial score (nSPS) is 12.0. The number of nitrogens with zero attached hydrogens (tertiary/aromatic N) is 2. The first-order chi connectivity index (χ1) is 11.8. The first kappa shape index (κ1) is 20.8. The van der Waals surface area contributed by atoms with Crippen LogP contribution < -0.4 is 16.0 Å². The third-order valence-electron chi connectivity index (χ3n) is 3.02. The van der Waals surface area contributed by atoms with Gasteiger partial charge < -0.3 is 25.2 Å². The Bertz CT molecular complexity index is 549. The van der Waals surface area contributed by atoms with Crippen molar-refractivity contribution in [2.24, 2.45) is 4.99 Å². The van der Waals surface area contributed by atoms with Crippen molar-refractivity contribution in [1.82, 2.24) is 21.1 Å². The van der Waals surface area contributed by atoms with Crippen molar-refractivity contribution < 1.29 is 14.1 Å². The predicted molar refractivity (Wildman–Crippen MR) is 97.6 cm³/mol. The lowest BCUT2D eigenvalue weighted by molar-refractivity contribution is 0.0527. The number of hydrogen-bond acceptors (Lipinski definition) is 5. The highest BCUT2D eigenvalue weighted by Crippen LogP contribution is 2.06. The molecule has 0 aliphatic heterocycles. The highest BCUT2D eigenvalue weighted by Gasteiger charge is 2.15. The van der Waals surface area contributed by atoms with Gasteiger partial charge in [0.2, 0.25) is 0 Å². The summed E-state index contributed by atoms with van der Waals surface area (Å²) in [5.41, 5.74) is 0.447. The van der Waals surface area contributed by atoms with Crippen LogP contribution in [-0.4, -0.2) is 42.4 Å². The van der Waals surface area contributed by atoms with Crippen molar-refractivity contribution in [2.45, 2.75) is 59.6 Å². The summed E-state index contributed by atoms with van der Waals surface area (Å²) in [6, 6.07) is 1.91. The van der Waals surface area contributed by atoms with Gasteiger partial charge in [0.25, 0.3) is 0 Å². The Balaban J connectivity index is 2.30. The van der Waals surface area contributed by atoms with Crippen LogP contribution >= 0.6 is 0 Å². The summed E-state index contributed by atoms with van der Waals surface area (Å²) in [5, 5.41) is 13.1. The van der Waals surface area contributed by atoms with Gasteiger partial charge in [0.05, 0.1) is 5.69 Å². The molecule has 0 saturated carbocycles. The largest absolute Gasteiger partial charge is 0.444 e. The Labute approximate surface area is 149 Å². The smallest absolute Gasteiger partial charge is 0.407 e. The fraction of sp³-hybridized carbons (Fsp3) is 0.706. The van der Waals surface area contributed by atoms with Gasteiger partial charge in [-0.1, -0.05) is 12.1 Å². The molecule has 3 N–H and O–H groups in total. The maximum Gasteiger partial charge on any atom is 0.407 e. The van der Waals surface area contributed by atoms with Crippen LogP contribution in [0, 0.1) is 0 Å². The van der Waals surface area contributed by atoms with E-state index in [2.05, 4.69) is 26.1 Å². The molecule has 0 fully saturated rings. The molecular formula is C17H31N5O3. The summed E-state index contributed by atoms with van der Waals surface area (Å²) in [4.78, 5) is 16.0. The highest BCUT2D eigenvalue weighted by molar-refractivity contribution is 5.79. The molecular weight excluding hydrogens is 322 g/mol. The van der Waals surface area contributed by atoms with Crippen LogP contribution in [-0.2, 0) is 17.7 Å². The van der Waals surface area contributed by atoms with Gasteiger partial charge >= 0.3 is 6.09 Å². The van der Waals surface area contributed by atoms with E-state index in [1.165, 1.54) is 0 Å². The molecule has 25 heavy (non-hydrogen) atoms. The van der Waals surface area contributed by atoms with E-state index in [1.54, 1.807) is 0 Å². The molecule has 0 unspecified atom stereocenters. The number of amides is 1. The number of ether oxygens (including phenoxy) is 1. The van der Waals surface area contributed by atoms with Gasteiger partial charge in [0.15, 0.2) is 11.7 Å². The zero-order valence-electron chi connectivity index (χ0n) is 15.9. The molecule has 0 spiro atoms. The Morgan fingerprint density at radius 2 is 1.96 bits per heavy atom. The van der Waals surface area contributed by atoms with Crippen LogP contribution in [0.15, 0.2) is 15.6 Å². The summed E-state index contributed by atoms with van der Waals surface area (Å²) in [7, 11) is 0. The minimum Gasteiger partial charge on any atom is -0.444 e. The summed E-state index contributed by atoms with van der Waals surface area (Å²) >= 11 is 0. The Morgan fingerprint density at radius 3 is 2.56 bits per heavy atom. The molecule has 1 amide bonds. The number of rotatable bonds is 8. The van der Waals surface area contributed by atoms with Crippen molar-refractivity contribution in [3.05, 3.63) is 17.5 Å². The van der Waals surface area contributed by atoms with E-state index in [1.807, 2.05) is 40.7 Å². The molecule has 0 aromatic carbocycles. The Hall–Kier alpha value is -2.25. The SMILES string of the molecule is CCNC(=NCc1cc(CC)no1)NCCCNC(=O)OC(C)(C)C. The van der Waals surface area contributed by atoms with Crippen LogP contribution in [0.1, 0.15) is 52.5 Å². The van der Waals surface area contributed by atoms with Crippen LogP contribution in [0.25, 0.3) is 0 Å². The number of alkyl carbamates (subject to hydrolysis) is 1. The van der Waals surface area contributed by atoms with Crippen molar-refractivity contribution >= 4 is 12.1 Å². The van der Waals surface area contributed by atoms with Crippen LogP contribution in [0.2, 0.25) is 0 Å². The van der Waals surface area contributed by atoms with E-state index < -0.39 is 11.7 Å². The maximum atomic E-state index is 11.5. The average Bonchev–Trinajstić information content (AvgIpc) is 2.98. The van der Waals surface area contributed by atoms with Crippen molar-refractivity contribution in [3.8, 4) is 0 Å². The fourth-order valence-electron chi connectivity index (χ4n) is 1.90. The third-order valence-corrected chi connectivity index (χ3v) is 3.02. The van der Waals surface area contributed by atoms with Gasteiger partial charge in [-0.2, -0.15) is 0 Å². The second-order valence-electron chi connectivity index (χ2n) is 6.54. The minimum absolute atomic E-state index is 0.398. The number of hydrogen-bond donors (Lipinski definition) is 3. The number of aryl methyl sites for hydroxylation is 1. The molecule has 0 radical (unpaired) electrons. The molecule has 0 aliphatic rings. The van der Waals surface area contributed by atoms with E-state index in [0.717, 1.165) is 30.8 Å². The molecule has 142 valence electrons. The first-order valence-corrected chi connectivity index (χ1v) is 8.77. The van der Waals surface area contributed by atoms with Gasteiger partial charge in [0.1, 0.15) is 12.1 Å². The molecule has 0 atom stereocenters. The molecule has 1 heterocycles. The van der Waals surface area contributed by atoms with E-state index in [4.69, 9.17) is 9.26 Å². The second kappa shape index (κ2) is 10.6. The highest BCUT2D eigenvalue weighted by atomic mass is 16.6. The van der Waals surface area contributed by atoms with Crippen LogP contribution in [0.5, 0.6) is 0 Å². The van der Waals surface area contributed by atoms with Gasteiger partial charge in [-0.05, 0) is 40.5 Å². The number of aliphatic imine (C=N–C) groups is 1. The number of guanidine groups is 1. The lowest BCUT2D eigenvalue weighted by Gasteiger charge is -2.19. The van der Waals surface area contributed by atoms with Gasteiger partial charge in [-0.15, -0.1) is 0 Å². The lowest BCUT2D eigenvalue weighted by atomic mass is 10.2. The summed E-state index contributed by atoms with van der Waals surface area (Å²) in [6.07, 6.45) is 1.20. The maximum absolute atomic E-state index is 11.5. The van der Waals surface area contributed by atoms with E-state index in [0.29, 0.717) is 25.6 Å². The quantitative estimate of drug-likeness (QED) is 0.376. The molecule has 0 aliphatic carbocycles. The monoisotopic (exact) mass is 353 g/mol. The molecule has 1 rings (SSSR count). The number of carbonyl (C=O) groups is 1. The van der Waals surface area contributed by atoms with Gasteiger partial charge in [-0.25, -0.2) is 9.79 Å². The van der Waals surface area contributed by atoms with Crippen LogP contribution in [0.4, 0.5) is 4.79 Å². The van der Waals surface area contributed by atoms with E-state index >= 15 is 0 Å². The second-order valence-corrected chi connectivity index (χ2v) is 6.54. The third kappa shape index (κ3) is 9.59. The van der Waals surface area contributed by atoms with Crippen molar-refractivity contribution in [3.63, 3.8) is 0 Å². The lowest BCUT2D eigenvalue weighted by Crippen LogP contribution is -2.39. The standard InChI is InChI=1S/C17H31N5O3/c1-6-13-11-14(25-22-13)12-21-15(18-7-2)19-9-8-10-20-16(23)24-17(3,4)5/h11H,6-10,12H2,1-5H3,(H,20,23)(H2,18,19,21). The first-order valence-electron chi connectivity index (χ1n) is 8.77. The molecule has 1 aromatic heterocycles. The summed E-state index contributed by atoms with van der Waals surface area (Å²) < 4.78 is 10.4. The summed E-state index contributed by atoms with van der Waals surface area (Å²) in [6.45, 7) is 12.0. The molecule has 0 saturated heterocycles. The Kier molecular flexibility index (Phi) is 8.80. The van der Waals surface area contributed by atoms with Crippen LogP contribution in [0.3, 0.4) is 0 Å². The zero-order chi connectivity index (χ0) is 18.7. The summed E-state index contributed by atoms with van der Waals surface area (Å²) in [5.74, 6) is 1.44. The van der Waals surface area contributed by atoms with Crippen molar-refractivity contribution in [2.75, 3.05) is 19.6 Å². The topological polar surface area (TPSA) is 101 Å². The average molecular weight is 353 g/mol. The predicted octanol–water partition coefficient (Wildman–Crippen LogP) is 2.21. The number of carbonyl (C=O) groups excluding carboxylic acids is 1. The van der Waals surface area contributed by atoms with E-state index in [-0.39, 0.29) is 0 Å². The fourth-order valence-corrected chi connectivity index (χ4v) is 1.90. The molecule has 8 heteroatoms. The molecule has 1 aromatic rings. The zero-order valence-corrected chi connectivity index (χ0v) is 15.9. The minimum atomic E-state index is -0.481.